The van der Waals surface area contributed by atoms with Crippen molar-refractivity contribution in [1.29, 1.82) is 0 Å². The maximum absolute atomic E-state index is 4.70. The van der Waals surface area contributed by atoms with Gasteiger partial charge in [-0.2, -0.15) is 0 Å². The lowest BCUT2D eigenvalue weighted by atomic mass is 10.1. The minimum atomic E-state index is 1.10. The Morgan fingerprint density at radius 3 is 2.73 bits per heavy atom. The third-order valence-corrected chi connectivity index (χ3v) is 1.73. The van der Waals surface area contributed by atoms with E-state index in [1.54, 1.807) is 0 Å². The van der Waals surface area contributed by atoms with E-state index in [1.165, 1.54) is 16.6 Å². The van der Waals surface area contributed by atoms with Crippen LogP contribution in [0.3, 0.4) is 0 Å². The van der Waals surface area contributed by atoms with E-state index >= 15 is 0 Å². The van der Waals surface area contributed by atoms with Gasteiger partial charge in [-0.1, -0.05) is 24.4 Å². The first kappa shape index (κ1) is 8.21. The van der Waals surface area contributed by atoms with Crippen LogP contribution in [-0.2, 0) is 0 Å². The van der Waals surface area contributed by atoms with Gasteiger partial charge in [0.1, 0.15) is 0 Å². The Morgan fingerprint density at radius 1 is 1.36 bits per heavy atom. The number of hydrogen-bond donors (Lipinski definition) is 1. The van der Waals surface area contributed by atoms with E-state index < -0.39 is 0 Å². The van der Waals surface area contributed by atoms with Gasteiger partial charge in [0, 0.05) is 5.69 Å². The van der Waals surface area contributed by atoms with Crippen LogP contribution < -0.4 is 5.32 Å². The monoisotopic (exact) mass is 165 g/mol. The Labute approximate surface area is 72.4 Å². The van der Waals surface area contributed by atoms with Gasteiger partial charge in [-0.3, -0.25) is 0 Å². The molecule has 0 saturated carbocycles. The smallest absolute Gasteiger partial charge is 0.0659 e. The van der Waals surface area contributed by atoms with Crippen LogP contribution in [0.4, 0.5) is 5.69 Å². The molecule has 0 aliphatic carbocycles. The number of aryl methyl sites for hydroxylation is 2. The Bertz CT molecular complexity index is 268. The van der Waals surface area contributed by atoms with E-state index in [9.17, 15) is 0 Å². The van der Waals surface area contributed by atoms with Crippen molar-refractivity contribution in [3.63, 3.8) is 0 Å². The second-order valence-corrected chi connectivity index (χ2v) is 2.82. The van der Waals surface area contributed by atoms with Gasteiger partial charge in [0.25, 0.3) is 0 Å². The van der Waals surface area contributed by atoms with Gasteiger partial charge >= 0.3 is 0 Å². The normalized spacial score (nSPS) is 9.27. The molecule has 0 spiro atoms. The molecule has 0 saturated heterocycles. The number of rotatable bonds is 2. The van der Waals surface area contributed by atoms with Crippen molar-refractivity contribution in [1.82, 2.24) is 0 Å². The molecule has 1 nitrogen and oxygen atoms in total. The molecule has 1 rings (SSSR count). The highest BCUT2D eigenvalue weighted by Crippen LogP contribution is 2.14. The molecule has 11 heavy (non-hydrogen) atoms. The molecule has 0 amide bonds. The highest BCUT2D eigenvalue weighted by Gasteiger charge is 1.94. The van der Waals surface area contributed by atoms with Crippen molar-refractivity contribution in [2.24, 2.45) is 0 Å². The van der Waals surface area contributed by atoms with Crippen molar-refractivity contribution in [3.8, 4) is 0 Å². The third kappa shape index (κ3) is 2.02. The molecule has 0 heterocycles. The quantitative estimate of drug-likeness (QED) is 0.676. The largest absolute Gasteiger partial charge is 0.352 e. The summed E-state index contributed by atoms with van der Waals surface area (Å²) in [4.78, 5) is 0. The summed E-state index contributed by atoms with van der Waals surface area (Å²) >= 11 is 4.70. The van der Waals surface area contributed by atoms with Crippen LogP contribution in [0.2, 0.25) is 0 Å². The maximum Gasteiger partial charge on any atom is 0.0659 e. The lowest BCUT2D eigenvalue weighted by Gasteiger charge is -2.04. The van der Waals surface area contributed by atoms with Gasteiger partial charge < -0.3 is 5.32 Å². The second kappa shape index (κ2) is 3.49. The highest BCUT2D eigenvalue weighted by atomic mass is 32.1. The molecular weight excluding hydrogens is 154 g/mol. The molecule has 1 aromatic carbocycles. The van der Waals surface area contributed by atoms with Crippen LogP contribution in [0.1, 0.15) is 11.1 Å². The summed E-state index contributed by atoms with van der Waals surface area (Å²) in [6.07, 6.45) is 0. The Morgan fingerprint density at radius 2 is 2.09 bits per heavy atom. The summed E-state index contributed by atoms with van der Waals surface area (Å²) in [5.74, 6) is 0. The zero-order valence-electron chi connectivity index (χ0n) is 6.72. The van der Waals surface area contributed by atoms with E-state index in [2.05, 4.69) is 37.4 Å². The lowest BCUT2D eigenvalue weighted by Crippen LogP contribution is -1.94. The molecule has 1 aromatic rings. The zero-order chi connectivity index (χ0) is 8.27. The van der Waals surface area contributed by atoms with Crippen molar-refractivity contribution in [3.05, 3.63) is 29.3 Å². The first-order chi connectivity index (χ1) is 5.24. The molecule has 0 aromatic heterocycles. The summed E-state index contributed by atoms with van der Waals surface area (Å²) in [6, 6.07) is 6.25. The second-order valence-electron chi connectivity index (χ2n) is 2.58. The molecule has 1 N–H and O–H groups in total. The highest BCUT2D eigenvalue weighted by molar-refractivity contribution is 7.79. The first-order valence-corrected chi connectivity index (χ1v) is 3.98. The fourth-order valence-electron chi connectivity index (χ4n) is 0.955. The van der Waals surface area contributed by atoms with Crippen LogP contribution in [0.25, 0.3) is 0 Å². The van der Waals surface area contributed by atoms with E-state index in [0.29, 0.717) is 0 Å². The van der Waals surface area contributed by atoms with Gasteiger partial charge in [0.15, 0.2) is 0 Å². The molecule has 0 fully saturated rings. The minimum absolute atomic E-state index is 1.10. The van der Waals surface area contributed by atoms with Crippen LogP contribution in [0, 0.1) is 13.8 Å². The average molecular weight is 165 g/mol. The topological polar surface area (TPSA) is 12.0 Å². The zero-order valence-corrected chi connectivity index (χ0v) is 7.53. The van der Waals surface area contributed by atoms with Gasteiger partial charge in [-0.25, -0.2) is 0 Å². The maximum atomic E-state index is 4.70. The molecule has 2 heteroatoms. The van der Waals surface area contributed by atoms with Crippen LogP contribution in [0.15, 0.2) is 18.2 Å². The average Bonchev–Trinajstić information content (AvgIpc) is 1.98. The summed E-state index contributed by atoms with van der Waals surface area (Å²) in [5, 5.41) is 3.01. The fraction of sp³-hybridized carbons (Fsp3) is 0.222. The fourth-order valence-corrected chi connectivity index (χ4v) is 1.08. The number of benzene rings is 1. The Hall–Kier alpha value is -0.890. The lowest BCUT2D eigenvalue weighted by molar-refractivity contribution is 1.40. The van der Waals surface area contributed by atoms with Crippen molar-refractivity contribution < 1.29 is 0 Å². The molecule has 0 radical (unpaired) electrons. The first-order valence-electron chi connectivity index (χ1n) is 3.51. The number of hydrogen-bond acceptors (Lipinski definition) is 1. The molecular formula is C9H11NS. The van der Waals surface area contributed by atoms with Gasteiger partial charge in [0.2, 0.25) is 0 Å². The minimum Gasteiger partial charge on any atom is -0.352 e. The molecule has 0 aliphatic heterocycles. The van der Waals surface area contributed by atoms with Gasteiger partial charge in [-0.15, -0.1) is 0 Å². The van der Waals surface area contributed by atoms with Crippen molar-refractivity contribution in [2.75, 3.05) is 5.32 Å². The van der Waals surface area contributed by atoms with Crippen molar-refractivity contribution in [2.45, 2.75) is 13.8 Å². The Balaban J connectivity index is 3.01. The molecule has 0 aliphatic rings. The summed E-state index contributed by atoms with van der Waals surface area (Å²) in [7, 11) is 0. The Kier molecular flexibility index (Phi) is 2.60. The van der Waals surface area contributed by atoms with Gasteiger partial charge in [-0.05, 0) is 31.0 Å². The van der Waals surface area contributed by atoms with E-state index in [0.717, 1.165) is 5.69 Å². The molecule has 0 atom stereocenters. The molecule has 0 bridgehead atoms. The summed E-state index contributed by atoms with van der Waals surface area (Å²) < 4.78 is 0. The van der Waals surface area contributed by atoms with Crippen LogP contribution >= 0.6 is 12.2 Å². The predicted molar refractivity (Wildman–Crippen MR) is 53.2 cm³/mol. The number of anilines is 1. The summed E-state index contributed by atoms with van der Waals surface area (Å²) in [5.41, 5.74) is 5.09. The SMILES string of the molecule is Cc1ccc(C)c(NC=S)c1. The molecule has 0 unspecified atom stereocenters. The predicted octanol–water partition coefficient (Wildman–Crippen LogP) is 2.67. The van der Waals surface area contributed by atoms with Crippen LogP contribution in [-0.4, -0.2) is 5.49 Å². The number of nitrogens with one attached hydrogen (secondary N) is 1. The summed E-state index contributed by atoms with van der Waals surface area (Å²) in [6.45, 7) is 4.12. The van der Waals surface area contributed by atoms with Crippen molar-refractivity contribution >= 4 is 23.4 Å². The van der Waals surface area contributed by atoms with Crippen LogP contribution in [0.5, 0.6) is 0 Å². The van der Waals surface area contributed by atoms with Gasteiger partial charge in [0.05, 0.1) is 5.49 Å². The third-order valence-electron chi connectivity index (χ3n) is 1.61. The standard InChI is InChI=1S/C9H11NS/c1-7-3-4-8(2)9(5-7)10-6-11/h3-6H,1-2H3,(H,10,11). The van der Waals surface area contributed by atoms with E-state index in [-0.39, 0.29) is 0 Å². The number of thiocarbonyl (C=S) groups is 1. The van der Waals surface area contributed by atoms with E-state index in [1.807, 2.05) is 0 Å². The van der Waals surface area contributed by atoms with E-state index in [4.69, 9.17) is 12.2 Å². The molecule has 58 valence electrons.